The second kappa shape index (κ2) is 13.1. The molecule has 0 bridgehead atoms. The molecule has 0 aromatic heterocycles. The number of nitrogens with two attached hydrogens (primary N) is 3. The number of rotatable bonds is 14. The van der Waals surface area contributed by atoms with E-state index in [1.54, 1.807) is 0 Å². The van der Waals surface area contributed by atoms with Crippen molar-refractivity contribution in [2.75, 3.05) is 51.6 Å². The molecule has 1 rings (SSSR count). The molecule has 0 heterocycles. The normalized spacial score (nSPS) is 11.2. The fraction of sp³-hybridized carbons (Fsp3) is 0.619. The molecule has 7 nitrogen and oxygen atoms in total. The predicted octanol–water partition coefficient (Wildman–Crippen LogP) is 0.661. The first-order chi connectivity index (χ1) is 13.4. The third kappa shape index (κ3) is 9.19. The second-order valence-corrected chi connectivity index (χ2v) is 7.52. The van der Waals surface area contributed by atoms with Crippen LogP contribution in [0.3, 0.4) is 0 Å². The van der Waals surface area contributed by atoms with E-state index in [4.69, 9.17) is 11.5 Å². The molecule has 0 unspecified atom stereocenters. The fourth-order valence-electron chi connectivity index (χ4n) is 3.68. The molecule has 28 heavy (non-hydrogen) atoms. The molecule has 158 valence electrons. The summed E-state index contributed by atoms with van der Waals surface area (Å²) < 4.78 is 0.867. The Balaban J connectivity index is 2.62. The maximum atomic E-state index is 12.7. The van der Waals surface area contributed by atoms with Crippen molar-refractivity contribution in [2.45, 2.75) is 39.5 Å². The van der Waals surface area contributed by atoms with Crippen LogP contribution in [0.1, 0.15) is 38.7 Å². The van der Waals surface area contributed by atoms with E-state index in [1.807, 2.05) is 12.1 Å². The van der Waals surface area contributed by atoms with Crippen molar-refractivity contribution in [3.05, 3.63) is 29.8 Å². The van der Waals surface area contributed by atoms with Crippen LogP contribution in [0.4, 0.5) is 5.69 Å². The van der Waals surface area contributed by atoms with Crippen molar-refractivity contribution in [3.63, 3.8) is 0 Å². The number of benzene rings is 1. The molecule has 0 fully saturated rings. The van der Waals surface area contributed by atoms with E-state index in [1.165, 1.54) is 5.56 Å². The number of aliphatic imine (C=N–C) groups is 1. The smallest absolute Gasteiger partial charge is 0.279 e. The average molecular weight is 393 g/mol. The van der Waals surface area contributed by atoms with Gasteiger partial charge in [-0.05, 0) is 43.4 Å². The van der Waals surface area contributed by atoms with Crippen LogP contribution in [-0.4, -0.2) is 62.7 Å². The highest BCUT2D eigenvalue weighted by Gasteiger charge is 2.29. The fourth-order valence-corrected chi connectivity index (χ4v) is 3.68. The van der Waals surface area contributed by atoms with E-state index in [0.29, 0.717) is 13.1 Å². The molecular formula is C21H40N6O+2. The zero-order valence-electron chi connectivity index (χ0n) is 17.9. The van der Waals surface area contributed by atoms with Crippen LogP contribution < -0.4 is 22.1 Å². The van der Waals surface area contributed by atoms with Crippen LogP contribution in [0, 0.1) is 0 Å². The van der Waals surface area contributed by atoms with Crippen molar-refractivity contribution >= 4 is 17.6 Å². The number of carbonyl (C=O) groups excluding carboxylic acids is 1. The first kappa shape index (κ1) is 23.9. The van der Waals surface area contributed by atoms with Gasteiger partial charge in [0.15, 0.2) is 12.5 Å². The summed E-state index contributed by atoms with van der Waals surface area (Å²) in [4.78, 5) is 16.7. The highest BCUT2D eigenvalue weighted by Crippen LogP contribution is 2.14. The summed E-state index contributed by atoms with van der Waals surface area (Å²) in [5.74, 6) is 0.231. The molecule has 0 saturated carbocycles. The lowest BCUT2D eigenvalue weighted by Crippen LogP contribution is -2.82. The number of quaternary nitrogens is 2. The number of likely N-dealkylation sites (N-methyl/N-ethyl adjacent to an activating group) is 1. The zero-order chi connectivity index (χ0) is 20.8. The molecular weight excluding hydrogens is 352 g/mol. The van der Waals surface area contributed by atoms with Gasteiger partial charge >= 0.3 is 0 Å². The molecule has 0 radical (unpaired) electrons. The summed E-state index contributed by atoms with van der Waals surface area (Å²) in [6, 6.07) is 8.05. The quantitative estimate of drug-likeness (QED) is 0.162. The Hall–Kier alpha value is -2.12. The van der Waals surface area contributed by atoms with Gasteiger partial charge in [-0.2, -0.15) is 0 Å². The van der Waals surface area contributed by atoms with Gasteiger partial charge in [0.25, 0.3) is 5.91 Å². The van der Waals surface area contributed by atoms with Gasteiger partial charge in [-0.15, -0.1) is 0 Å². The lowest BCUT2D eigenvalue weighted by Gasteiger charge is -2.37. The summed E-state index contributed by atoms with van der Waals surface area (Å²) >= 11 is 0. The number of amides is 1. The van der Waals surface area contributed by atoms with Crippen molar-refractivity contribution < 1.29 is 14.6 Å². The van der Waals surface area contributed by atoms with Crippen LogP contribution >= 0.6 is 0 Å². The lowest BCUT2D eigenvalue weighted by molar-refractivity contribution is -0.930. The summed E-state index contributed by atoms with van der Waals surface area (Å²) in [6.45, 7) is 9.72. The predicted molar refractivity (Wildman–Crippen MR) is 117 cm³/mol. The number of hydrogen-bond donors (Lipinski definition) is 4. The van der Waals surface area contributed by atoms with Gasteiger partial charge in [0.05, 0.1) is 20.1 Å². The van der Waals surface area contributed by atoms with E-state index in [-0.39, 0.29) is 11.9 Å². The number of nitrogens with one attached hydrogen (secondary N) is 1. The topological polar surface area (TPSA) is 110 Å². The van der Waals surface area contributed by atoms with Crippen LogP contribution in [-0.2, 0) is 11.2 Å². The number of nitrogens with zero attached hydrogens (tertiary/aromatic N) is 2. The molecule has 7 heteroatoms. The van der Waals surface area contributed by atoms with Gasteiger partial charge in [0, 0.05) is 12.2 Å². The number of aryl methyl sites for hydroxylation is 1. The molecule has 0 atom stereocenters. The van der Waals surface area contributed by atoms with Gasteiger partial charge in [0.1, 0.15) is 13.1 Å². The number of carbonyl (C=O) groups is 1. The maximum Gasteiger partial charge on any atom is 0.279 e. The monoisotopic (exact) mass is 392 g/mol. The first-order valence-electron chi connectivity index (χ1n) is 10.5. The van der Waals surface area contributed by atoms with Crippen LogP contribution in [0.25, 0.3) is 0 Å². The van der Waals surface area contributed by atoms with Crippen LogP contribution in [0.2, 0.25) is 0 Å². The van der Waals surface area contributed by atoms with Crippen LogP contribution in [0.15, 0.2) is 29.3 Å². The Bertz CT molecular complexity index is 589. The van der Waals surface area contributed by atoms with Crippen molar-refractivity contribution in [1.82, 2.24) is 0 Å². The number of guanidine groups is 1. The molecule has 0 aliphatic carbocycles. The summed E-state index contributed by atoms with van der Waals surface area (Å²) in [5.41, 5.74) is 12.7. The Kier molecular flexibility index (Phi) is 11.2. The standard InChI is InChI=1S/C21H38N6O/c1-4-14-27(15-5-2,16-13-24-3)17-20(28)26-19-10-8-18(9-11-19)7-6-12-25-21(22)23/h8-11,24H,4-7,12-17H2,1-3H3,(H4-,22,23,25,26,28)/p+2. The molecule has 7 N–H and O–H groups in total. The lowest BCUT2D eigenvalue weighted by atomic mass is 10.1. The van der Waals surface area contributed by atoms with E-state index < -0.39 is 0 Å². The summed E-state index contributed by atoms with van der Waals surface area (Å²) in [7, 11) is 2.09. The maximum absolute atomic E-state index is 12.7. The van der Waals surface area contributed by atoms with Gasteiger partial charge in [-0.25, -0.2) is 0 Å². The van der Waals surface area contributed by atoms with E-state index in [2.05, 4.69) is 48.7 Å². The average Bonchev–Trinajstić information content (AvgIpc) is 2.65. The minimum absolute atomic E-state index is 0.0958. The Morgan fingerprint density at radius 1 is 1.11 bits per heavy atom. The zero-order valence-corrected chi connectivity index (χ0v) is 17.9. The summed E-state index contributed by atoms with van der Waals surface area (Å²) in [5, 5.41) is 5.28. The van der Waals surface area contributed by atoms with Gasteiger partial charge in [0.2, 0.25) is 0 Å². The molecule has 1 amide bonds. The van der Waals surface area contributed by atoms with Crippen LogP contribution in [0.5, 0.6) is 0 Å². The van der Waals surface area contributed by atoms with E-state index >= 15 is 0 Å². The van der Waals surface area contributed by atoms with E-state index in [0.717, 1.165) is 62.0 Å². The van der Waals surface area contributed by atoms with Gasteiger partial charge < -0.3 is 26.6 Å². The molecule has 0 aliphatic heterocycles. The Labute approximate surface area is 170 Å². The first-order valence-corrected chi connectivity index (χ1v) is 10.5. The molecule has 0 spiro atoms. The third-order valence-corrected chi connectivity index (χ3v) is 4.92. The molecule has 1 aromatic carbocycles. The highest BCUT2D eigenvalue weighted by molar-refractivity contribution is 5.91. The molecule has 1 aromatic rings. The van der Waals surface area contributed by atoms with E-state index in [9.17, 15) is 4.79 Å². The third-order valence-electron chi connectivity index (χ3n) is 4.92. The minimum atomic E-state index is 0.0958. The Morgan fingerprint density at radius 2 is 1.75 bits per heavy atom. The molecule has 0 aliphatic rings. The van der Waals surface area contributed by atoms with Crippen molar-refractivity contribution in [2.24, 2.45) is 16.5 Å². The highest BCUT2D eigenvalue weighted by atomic mass is 16.2. The van der Waals surface area contributed by atoms with Crippen molar-refractivity contribution in [1.29, 1.82) is 0 Å². The second-order valence-electron chi connectivity index (χ2n) is 7.52. The van der Waals surface area contributed by atoms with Gasteiger partial charge in [-0.1, -0.05) is 26.0 Å². The number of hydrogen-bond acceptors (Lipinski definition) is 2. The summed E-state index contributed by atoms with van der Waals surface area (Å²) in [6.07, 6.45) is 3.98. The number of anilines is 1. The SMILES string of the molecule is CCC[N+](CCC)(CC[NH2+]C)CC(=O)Nc1ccc(CCCN=C(N)N)cc1. The Morgan fingerprint density at radius 3 is 2.29 bits per heavy atom. The van der Waals surface area contributed by atoms with Gasteiger partial charge in [-0.3, -0.25) is 9.79 Å². The molecule has 0 saturated heterocycles. The minimum Gasteiger partial charge on any atom is -0.370 e. The largest absolute Gasteiger partial charge is 0.370 e. The van der Waals surface area contributed by atoms with Crippen molar-refractivity contribution in [3.8, 4) is 0 Å².